The molecule has 2 aromatic heterocycles. The van der Waals surface area contributed by atoms with E-state index >= 15 is 0 Å². The van der Waals surface area contributed by atoms with Crippen LogP contribution >= 0.6 is 0 Å². The lowest BCUT2D eigenvalue weighted by Crippen LogP contribution is -2.46. The number of methoxy groups -OCH3 is 1. The monoisotopic (exact) mass is 384 g/mol. The minimum Gasteiger partial charge on any atom is -0.481 e. The zero-order valence-corrected chi connectivity index (χ0v) is 16.5. The molecule has 150 valence electrons. The van der Waals surface area contributed by atoms with Gasteiger partial charge in [-0.15, -0.1) is 0 Å². The Bertz CT molecular complexity index is 813. The van der Waals surface area contributed by atoms with Crippen molar-refractivity contribution in [3.05, 3.63) is 30.1 Å². The highest BCUT2D eigenvalue weighted by atomic mass is 16.5. The topological polar surface area (TPSA) is 68.5 Å². The minimum atomic E-state index is 0.538. The zero-order valence-electron chi connectivity index (χ0n) is 16.5. The molecule has 0 bridgehead atoms. The fourth-order valence-electron chi connectivity index (χ4n) is 4.48. The third-order valence-electron chi connectivity index (χ3n) is 6.09. The molecule has 0 atom stereocenters. The van der Waals surface area contributed by atoms with Crippen molar-refractivity contribution in [3.8, 4) is 5.88 Å². The molecular formula is C20H28N6O2. The normalized spacial score (nSPS) is 20.8. The van der Waals surface area contributed by atoms with Crippen molar-refractivity contribution < 1.29 is 9.47 Å². The lowest BCUT2D eigenvalue weighted by atomic mass is 10.0. The molecule has 4 heterocycles. The Morgan fingerprint density at radius 1 is 1.11 bits per heavy atom. The third-order valence-corrected chi connectivity index (χ3v) is 6.09. The maximum atomic E-state index is 5.50. The van der Waals surface area contributed by atoms with Gasteiger partial charge < -0.3 is 18.9 Å². The van der Waals surface area contributed by atoms with Crippen molar-refractivity contribution in [2.24, 2.45) is 0 Å². The number of anilines is 1. The Balaban J connectivity index is 1.24. The molecule has 0 unspecified atom stereocenters. The lowest BCUT2D eigenvalue weighted by Gasteiger charge is -2.39. The van der Waals surface area contributed by atoms with E-state index in [4.69, 9.17) is 9.47 Å². The van der Waals surface area contributed by atoms with Crippen LogP contribution in [0.25, 0.3) is 0 Å². The van der Waals surface area contributed by atoms with Gasteiger partial charge in [-0.25, -0.2) is 15.0 Å². The van der Waals surface area contributed by atoms with Crippen LogP contribution in [-0.2, 0) is 24.4 Å². The highest BCUT2D eigenvalue weighted by molar-refractivity contribution is 5.45. The average molecular weight is 384 g/mol. The molecule has 2 fully saturated rings. The van der Waals surface area contributed by atoms with E-state index in [1.165, 1.54) is 18.5 Å². The Morgan fingerprint density at radius 3 is 2.71 bits per heavy atom. The molecule has 1 aliphatic carbocycles. The molecule has 0 aromatic carbocycles. The fourth-order valence-corrected chi connectivity index (χ4v) is 4.48. The van der Waals surface area contributed by atoms with E-state index in [9.17, 15) is 0 Å². The summed E-state index contributed by atoms with van der Waals surface area (Å²) < 4.78 is 13.1. The molecule has 0 N–H and O–H groups in total. The second-order valence-corrected chi connectivity index (χ2v) is 7.93. The molecule has 2 aliphatic heterocycles. The van der Waals surface area contributed by atoms with Gasteiger partial charge in [0, 0.05) is 50.5 Å². The number of likely N-dealkylation sites (tertiary alicyclic amines) is 1. The highest BCUT2D eigenvalue weighted by Crippen LogP contribution is 2.36. The minimum absolute atomic E-state index is 0.538. The van der Waals surface area contributed by atoms with Crippen LogP contribution in [0.1, 0.15) is 37.2 Å². The van der Waals surface area contributed by atoms with E-state index in [2.05, 4.69) is 29.3 Å². The van der Waals surface area contributed by atoms with E-state index in [0.29, 0.717) is 24.6 Å². The summed E-state index contributed by atoms with van der Waals surface area (Å²) in [7, 11) is 1.66. The van der Waals surface area contributed by atoms with Crippen molar-refractivity contribution in [3.63, 3.8) is 0 Å². The molecule has 1 saturated carbocycles. The van der Waals surface area contributed by atoms with Crippen molar-refractivity contribution in [1.82, 2.24) is 24.4 Å². The number of ether oxygens (including phenoxy) is 2. The average Bonchev–Trinajstić information content (AvgIpc) is 3.50. The van der Waals surface area contributed by atoms with Crippen LogP contribution in [0, 0.1) is 0 Å². The molecule has 2 aromatic rings. The molecule has 5 rings (SSSR count). The van der Waals surface area contributed by atoms with Gasteiger partial charge in [0.2, 0.25) is 5.88 Å². The maximum Gasteiger partial charge on any atom is 0.218 e. The summed E-state index contributed by atoms with van der Waals surface area (Å²) in [6.45, 7) is 5.54. The molecule has 0 amide bonds. The van der Waals surface area contributed by atoms with Crippen molar-refractivity contribution >= 4 is 5.82 Å². The van der Waals surface area contributed by atoms with Gasteiger partial charge in [-0.3, -0.25) is 4.90 Å². The Morgan fingerprint density at radius 2 is 1.93 bits per heavy atom. The third kappa shape index (κ3) is 3.58. The van der Waals surface area contributed by atoms with Crippen molar-refractivity contribution in [2.75, 3.05) is 31.7 Å². The van der Waals surface area contributed by atoms with Gasteiger partial charge in [0.1, 0.15) is 24.6 Å². The largest absolute Gasteiger partial charge is 0.481 e. The van der Waals surface area contributed by atoms with Crippen LogP contribution in [0.3, 0.4) is 0 Å². The summed E-state index contributed by atoms with van der Waals surface area (Å²) in [5.41, 5.74) is 1.32. The van der Waals surface area contributed by atoms with Crippen LogP contribution in [0.5, 0.6) is 5.88 Å². The van der Waals surface area contributed by atoms with Crippen LogP contribution < -0.4 is 9.64 Å². The second-order valence-electron chi connectivity index (χ2n) is 7.93. The van der Waals surface area contributed by atoms with Gasteiger partial charge >= 0.3 is 0 Å². The van der Waals surface area contributed by atoms with Gasteiger partial charge in [0.25, 0.3) is 0 Å². The molecule has 1 saturated heterocycles. The van der Waals surface area contributed by atoms with Gasteiger partial charge in [0.05, 0.1) is 19.4 Å². The molecule has 8 nitrogen and oxygen atoms in total. The van der Waals surface area contributed by atoms with E-state index in [1.54, 1.807) is 13.4 Å². The number of rotatable bonds is 6. The first-order chi connectivity index (χ1) is 13.8. The van der Waals surface area contributed by atoms with Gasteiger partial charge in [-0.2, -0.15) is 0 Å². The highest BCUT2D eigenvalue weighted by Gasteiger charge is 2.36. The molecule has 8 heteroatoms. The summed E-state index contributed by atoms with van der Waals surface area (Å²) >= 11 is 0. The number of nitrogens with zero attached hydrogens (tertiary/aromatic N) is 6. The number of hydrogen-bond donors (Lipinski definition) is 0. The van der Waals surface area contributed by atoms with Gasteiger partial charge in [0.15, 0.2) is 0 Å². The molecule has 3 aliphatic rings. The quantitative estimate of drug-likeness (QED) is 0.753. The standard InChI is InChI=1S/C20H28N6O2/c1-27-20-10-18(22-14-23-20)26(15-2-3-15)16-4-6-24(7-5-16)12-17-11-21-19-13-28-9-8-25(17)19/h10-11,14-16H,2-9,12-13H2,1H3. The number of fused-ring (bicyclic) bond motifs is 1. The lowest BCUT2D eigenvalue weighted by molar-refractivity contribution is 0.0792. The summed E-state index contributed by atoms with van der Waals surface area (Å²) in [5, 5.41) is 0. The smallest absolute Gasteiger partial charge is 0.218 e. The number of piperidine rings is 1. The summed E-state index contributed by atoms with van der Waals surface area (Å²) in [4.78, 5) is 18.3. The number of imidazole rings is 1. The molecule has 0 spiro atoms. The zero-order chi connectivity index (χ0) is 18.9. The summed E-state index contributed by atoms with van der Waals surface area (Å²) in [6.07, 6.45) is 8.48. The second kappa shape index (κ2) is 7.67. The Kier molecular flexibility index (Phi) is 4.90. The summed E-state index contributed by atoms with van der Waals surface area (Å²) in [6, 6.07) is 3.14. The van der Waals surface area contributed by atoms with Crippen LogP contribution in [0.15, 0.2) is 18.6 Å². The number of aromatic nitrogens is 4. The maximum absolute atomic E-state index is 5.50. The first-order valence-electron chi connectivity index (χ1n) is 10.3. The molecule has 0 radical (unpaired) electrons. The number of hydrogen-bond acceptors (Lipinski definition) is 7. The predicted molar refractivity (Wildman–Crippen MR) is 104 cm³/mol. The van der Waals surface area contributed by atoms with Gasteiger partial charge in [-0.05, 0) is 25.7 Å². The van der Waals surface area contributed by atoms with E-state index in [1.807, 2.05) is 12.3 Å². The summed E-state index contributed by atoms with van der Waals surface area (Å²) in [5.74, 6) is 2.72. The SMILES string of the molecule is COc1cc(N(C2CC2)C2CCN(Cc3cnc4n3CCOC4)CC2)ncn1. The predicted octanol–water partition coefficient (Wildman–Crippen LogP) is 1.85. The van der Waals surface area contributed by atoms with Gasteiger partial charge in [-0.1, -0.05) is 0 Å². The van der Waals surface area contributed by atoms with Crippen LogP contribution in [0.4, 0.5) is 5.82 Å². The first kappa shape index (κ1) is 17.9. The van der Waals surface area contributed by atoms with Crippen molar-refractivity contribution in [1.29, 1.82) is 0 Å². The van der Waals surface area contributed by atoms with E-state index in [0.717, 1.165) is 57.3 Å². The fraction of sp³-hybridized carbons (Fsp3) is 0.650. The Hall–Kier alpha value is -2.19. The molecule has 28 heavy (non-hydrogen) atoms. The van der Waals surface area contributed by atoms with Crippen molar-refractivity contribution in [2.45, 2.75) is 57.5 Å². The van der Waals surface area contributed by atoms with E-state index < -0.39 is 0 Å². The van der Waals surface area contributed by atoms with E-state index in [-0.39, 0.29) is 0 Å². The first-order valence-corrected chi connectivity index (χ1v) is 10.3. The Labute approximate surface area is 165 Å². The molecular weight excluding hydrogens is 356 g/mol. The van der Waals surface area contributed by atoms with Crippen LogP contribution in [-0.4, -0.2) is 63.3 Å². The van der Waals surface area contributed by atoms with Crippen LogP contribution in [0.2, 0.25) is 0 Å².